The van der Waals surface area contributed by atoms with E-state index in [9.17, 15) is 19.7 Å². The van der Waals surface area contributed by atoms with Crippen LogP contribution in [0.4, 0.5) is 17.1 Å². The van der Waals surface area contributed by atoms with Crippen LogP contribution in [0.5, 0.6) is 5.75 Å². The number of hydrogen-bond donors (Lipinski definition) is 1. The molecule has 0 atom stereocenters. The molecule has 1 saturated heterocycles. The molecular weight excluding hydrogens is 374 g/mol. The van der Waals surface area contributed by atoms with Crippen LogP contribution in [0.1, 0.15) is 12.8 Å². The lowest BCUT2D eigenvalue weighted by Gasteiger charge is -2.16. The third-order valence-electron chi connectivity index (χ3n) is 4.02. The second kappa shape index (κ2) is 8.05. The number of halogens is 1. The van der Waals surface area contributed by atoms with E-state index in [1.165, 1.54) is 12.1 Å². The van der Waals surface area contributed by atoms with Gasteiger partial charge in [-0.15, -0.1) is 0 Å². The zero-order valence-electron chi connectivity index (χ0n) is 14.2. The summed E-state index contributed by atoms with van der Waals surface area (Å²) in [5.74, 6) is -0.130. The highest BCUT2D eigenvalue weighted by atomic mass is 35.5. The minimum Gasteiger partial charge on any atom is -0.482 e. The van der Waals surface area contributed by atoms with E-state index in [1.54, 1.807) is 29.2 Å². The monoisotopic (exact) mass is 389 g/mol. The Morgan fingerprint density at radius 2 is 2.00 bits per heavy atom. The van der Waals surface area contributed by atoms with Crippen LogP contribution in [0.25, 0.3) is 0 Å². The van der Waals surface area contributed by atoms with Crippen molar-refractivity contribution >= 4 is 40.5 Å². The number of carbonyl (C=O) groups is 2. The van der Waals surface area contributed by atoms with Crippen LogP contribution in [0.3, 0.4) is 0 Å². The summed E-state index contributed by atoms with van der Waals surface area (Å²) in [4.78, 5) is 35.6. The van der Waals surface area contributed by atoms with Gasteiger partial charge in [-0.1, -0.05) is 11.6 Å². The zero-order chi connectivity index (χ0) is 19.4. The molecule has 1 heterocycles. The molecule has 1 N–H and O–H groups in total. The van der Waals surface area contributed by atoms with Crippen LogP contribution in [0.15, 0.2) is 42.5 Å². The number of nitrogens with zero attached hydrogens (tertiary/aromatic N) is 2. The van der Waals surface area contributed by atoms with Crippen LogP contribution < -0.4 is 15.0 Å². The summed E-state index contributed by atoms with van der Waals surface area (Å²) in [5, 5.41) is 13.4. The number of non-ortho nitro benzene ring substituents is 1. The van der Waals surface area contributed by atoms with Crippen LogP contribution >= 0.6 is 11.6 Å². The number of nitro benzene ring substituents is 1. The second-order valence-corrected chi connectivity index (χ2v) is 6.31. The molecule has 2 amide bonds. The Labute approximate surface area is 159 Å². The molecule has 0 unspecified atom stereocenters. The fraction of sp³-hybridized carbons (Fsp3) is 0.222. The third kappa shape index (κ3) is 4.53. The highest BCUT2D eigenvalue weighted by Gasteiger charge is 2.21. The van der Waals surface area contributed by atoms with E-state index in [-0.39, 0.29) is 29.0 Å². The lowest BCUT2D eigenvalue weighted by atomic mass is 10.2. The molecule has 0 radical (unpaired) electrons. The van der Waals surface area contributed by atoms with E-state index in [1.807, 2.05) is 0 Å². The highest BCUT2D eigenvalue weighted by Crippen LogP contribution is 2.28. The maximum absolute atomic E-state index is 12.0. The van der Waals surface area contributed by atoms with Crippen molar-refractivity contribution in [3.8, 4) is 5.75 Å². The lowest BCUT2D eigenvalue weighted by Crippen LogP contribution is -2.23. The third-order valence-corrected chi connectivity index (χ3v) is 4.32. The molecule has 1 aliphatic rings. The molecule has 140 valence electrons. The Kier molecular flexibility index (Phi) is 5.56. The number of benzene rings is 2. The summed E-state index contributed by atoms with van der Waals surface area (Å²) in [6, 6.07) is 10.7. The molecule has 2 aromatic rings. The molecular formula is C18H16ClN3O5. The Bertz CT molecular complexity index is 885. The number of hydrogen-bond acceptors (Lipinski definition) is 5. The van der Waals surface area contributed by atoms with Gasteiger partial charge in [-0.3, -0.25) is 19.7 Å². The average molecular weight is 390 g/mol. The molecule has 0 aliphatic carbocycles. The zero-order valence-corrected chi connectivity index (χ0v) is 14.9. The number of anilines is 2. The Morgan fingerprint density at radius 1 is 1.26 bits per heavy atom. The summed E-state index contributed by atoms with van der Waals surface area (Å²) in [6.07, 6.45) is 1.40. The molecule has 9 heteroatoms. The van der Waals surface area contributed by atoms with E-state index in [0.29, 0.717) is 18.7 Å². The first-order valence-corrected chi connectivity index (χ1v) is 8.59. The summed E-state index contributed by atoms with van der Waals surface area (Å²) in [5.41, 5.74) is 1.20. The first-order chi connectivity index (χ1) is 12.9. The van der Waals surface area contributed by atoms with Crippen molar-refractivity contribution in [2.24, 2.45) is 0 Å². The first-order valence-electron chi connectivity index (χ1n) is 8.21. The van der Waals surface area contributed by atoms with Gasteiger partial charge in [0.2, 0.25) is 5.91 Å². The molecule has 1 aliphatic heterocycles. The van der Waals surface area contributed by atoms with E-state index in [2.05, 4.69) is 5.32 Å². The van der Waals surface area contributed by atoms with Gasteiger partial charge in [-0.05, 0) is 36.8 Å². The number of rotatable bonds is 6. The van der Waals surface area contributed by atoms with Crippen molar-refractivity contribution in [2.75, 3.05) is 23.4 Å². The lowest BCUT2D eigenvalue weighted by molar-refractivity contribution is -0.384. The molecule has 0 spiro atoms. The predicted octanol–water partition coefficient (Wildman–Crippen LogP) is 3.39. The van der Waals surface area contributed by atoms with Gasteiger partial charge in [0.25, 0.3) is 11.6 Å². The molecule has 1 fully saturated rings. The molecule has 0 bridgehead atoms. The Balaban J connectivity index is 1.55. The molecule has 8 nitrogen and oxygen atoms in total. The summed E-state index contributed by atoms with van der Waals surface area (Å²) in [6.45, 7) is 0.401. The number of nitrogens with one attached hydrogen (secondary N) is 1. The number of nitro groups is 1. The van der Waals surface area contributed by atoms with Crippen LogP contribution in [-0.4, -0.2) is 29.9 Å². The largest absolute Gasteiger partial charge is 0.482 e. The topological polar surface area (TPSA) is 102 Å². The van der Waals surface area contributed by atoms with E-state index >= 15 is 0 Å². The van der Waals surface area contributed by atoms with E-state index in [0.717, 1.165) is 18.2 Å². The maximum Gasteiger partial charge on any atom is 0.271 e. The van der Waals surface area contributed by atoms with E-state index < -0.39 is 10.8 Å². The molecule has 0 saturated carbocycles. The first kappa shape index (κ1) is 18.7. The van der Waals surface area contributed by atoms with Gasteiger partial charge in [0.15, 0.2) is 6.61 Å². The van der Waals surface area contributed by atoms with Crippen molar-refractivity contribution < 1.29 is 19.2 Å². The smallest absolute Gasteiger partial charge is 0.271 e. The number of carbonyl (C=O) groups excluding carboxylic acids is 2. The van der Waals surface area contributed by atoms with Gasteiger partial charge in [0, 0.05) is 36.5 Å². The van der Waals surface area contributed by atoms with Crippen molar-refractivity contribution in [3.63, 3.8) is 0 Å². The van der Waals surface area contributed by atoms with E-state index in [4.69, 9.17) is 16.3 Å². The summed E-state index contributed by atoms with van der Waals surface area (Å²) < 4.78 is 5.31. The van der Waals surface area contributed by atoms with Crippen LogP contribution in [0.2, 0.25) is 5.02 Å². The second-order valence-electron chi connectivity index (χ2n) is 5.90. The predicted molar refractivity (Wildman–Crippen MR) is 100 cm³/mol. The molecule has 3 rings (SSSR count). The Hall–Kier alpha value is -3.13. The maximum atomic E-state index is 12.0. The van der Waals surface area contributed by atoms with Gasteiger partial charge in [0.1, 0.15) is 5.75 Å². The number of ether oxygens (including phenoxy) is 1. The van der Waals surface area contributed by atoms with Gasteiger partial charge in [-0.25, -0.2) is 0 Å². The van der Waals surface area contributed by atoms with Crippen molar-refractivity contribution in [3.05, 3.63) is 57.6 Å². The van der Waals surface area contributed by atoms with Gasteiger partial charge >= 0.3 is 0 Å². The van der Waals surface area contributed by atoms with Gasteiger partial charge in [-0.2, -0.15) is 0 Å². The average Bonchev–Trinajstić information content (AvgIpc) is 3.07. The minimum atomic E-state index is -0.568. The molecule has 2 aromatic carbocycles. The summed E-state index contributed by atoms with van der Waals surface area (Å²) >= 11 is 5.92. The van der Waals surface area contributed by atoms with Gasteiger partial charge in [0.05, 0.1) is 9.95 Å². The van der Waals surface area contributed by atoms with Crippen molar-refractivity contribution in [1.82, 2.24) is 0 Å². The quantitative estimate of drug-likeness (QED) is 0.602. The fourth-order valence-electron chi connectivity index (χ4n) is 2.71. The van der Waals surface area contributed by atoms with Crippen LogP contribution in [0, 0.1) is 10.1 Å². The normalized spacial score (nSPS) is 13.5. The highest BCUT2D eigenvalue weighted by molar-refractivity contribution is 6.32. The SMILES string of the molecule is O=C(COc1ccc([N+](=O)[O-])cc1Cl)Nc1ccc(N2CCCC2=O)cc1. The number of amides is 2. The standard InChI is InChI=1S/C18H16ClN3O5/c19-15-10-14(22(25)26)7-8-16(15)27-11-17(23)20-12-3-5-13(6-4-12)21-9-1-2-18(21)24/h3-8,10H,1-2,9,11H2,(H,20,23). The van der Waals surface area contributed by atoms with Crippen molar-refractivity contribution in [1.29, 1.82) is 0 Å². The van der Waals surface area contributed by atoms with Crippen LogP contribution in [-0.2, 0) is 9.59 Å². The van der Waals surface area contributed by atoms with Gasteiger partial charge < -0.3 is 15.0 Å². The minimum absolute atomic E-state index is 0.0524. The fourth-order valence-corrected chi connectivity index (χ4v) is 2.94. The molecule has 0 aromatic heterocycles. The molecule has 27 heavy (non-hydrogen) atoms. The van der Waals surface area contributed by atoms with Crippen molar-refractivity contribution in [2.45, 2.75) is 12.8 Å². The Morgan fingerprint density at radius 3 is 2.59 bits per heavy atom. The summed E-state index contributed by atoms with van der Waals surface area (Å²) in [7, 11) is 0.